The van der Waals surface area contributed by atoms with Gasteiger partial charge in [0.15, 0.2) is 11.5 Å². The minimum atomic E-state index is -0.00647. The molecule has 2 heterocycles. The van der Waals surface area contributed by atoms with Gasteiger partial charge in [0.2, 0.25) is 5.91 Å². The summed E-state index contributed by atoms with van der Waals surface area (Å²) in [5, 5.41) is 0. The summed E-state index contributed by atoms with van der Waals surface area (Å²) in [7, 11) is 0. The predicted octanol–water partition coefficient (Wildman–Crippen LogP) is 4.55. The summed E-state index contributed by atoms with van der Waals surface area (Å²) >= 11 is 1.75. The number of benzene rings is 2. The average Bonchev–Trinajstić information content (AvgIpc) is 3.21. The molecule has 0 radical (unpaired) electrons. The summed E-state index contributed by atoms with van der Waals surface area (Å²) in [5.74, 6) is 2.63. The molecule has 0 spiro atoms. The van der Waals surface area contributed by atoms with Crippen LogP contribution < -0.4 is 9.47 Å². The van der Waals surface area contributed by atoms with Gasteiger partial charge in [-0.3, -0.25) is 4.79 Å². The molecule has 1 fully saturated rings. The first-order valence-electron chi connectivity index (χ1n) is 9.60. The molecule has 1 amide bonds. The molecular formula is C22H25NO3S. The smallest absolute Gasteiger partial charge is 0.226 e. The van der Waals surface area contributed by atoms with Crippen LogP contribution in [-0.2, 0) is 4.79 Å². The van der Waals surface area contributed by atoms with Crippen molar-refractivity contribution in [2.45, 2.75) is 30.7 Å². The molecule has 1 saturated heterocycles. The molecule has 2 atom stereocenters. The van der Waals surface area contributed by atoms with E-state index in [9.17, 15) is 4.79 Å². The molecule has 27 heavy (non-hydrogen) atoms. The van der Waals surface area contributed by atoms with Gasteiger partial charge in [-0.2, -0.15) is 0 Å². The van der Waals surface area contributed by atoms with Crippen molar-refractivity contribution in [3.63, 3.8) is 0 Å². The lowest BCUT2D eigenvalue weighted by Crippen LogP contribution is -2.35. The normalized spacial score (nSPS) is 19.7. The number of rotatable bonds is 5. The fourth-order valence-corrected chi connectivity index (χ4v) is 4.67. The van der Waals surface area contributed by atoms with E-state index in [1.807, 2.05) is 37.3 Å². The number of hydrogen-bond donors (Lipinski definition) is 0. The molecule has 0 saturated carbocycles. The van der Waals surface area contributed by atoms with Gasteiger partial charge in [-0.15, -0.1) is 11.8 Å². The molecule has 2 aromatic rings. The monoisotopic (exact) mass is 383 g/mol. The Kier molecular flexibility index (Phi) is 5.58. The maximum absolute atomic E-state index is 13.1. The standard InChI is InChI=1S/C22H25NO3S/c1-16(15-27-18-6-3-2-4-7-18)22(24)23-11-5-8-19(23)17-9-10-20-21(14-17)26-13-12-25-20/h2-4,6-7,9-10,14,16,19H,5,8,11-13,15H2,1H3. The minimum Gasteiger partial charge on any atom is -0.486 e. The van der Waals surface area contributed by atoms with Crippen molar-refractivity contribution in [3.8, 4) is 11.5 Å². The molecule has 2 aliphatic rings. The largest absolute Gasteiger partial charge is 0.486 e. The third-order valence-corrected chi connectivity index (χ3v) is 6.42. The van der Waals surface area contributed by atoms with Crippen molar-refractivity contribution in [1.29, 1.82) is 0 Å². The number of likely N-dealkylation sites (tertiary alicyclic amines) is 1. The van der Waals surface area contributed by atoms with Crippen LogP contribution in [0, 0.1) is 5.92 Å². The first kappa shape index (κ1) is 18.2. The van der Waals surface area contributed by atoms with Crippen molar-refractivity contribution in [1.82, 2.24) is 4.90 Å². The van der Waals surface area contributed by atoms with Crippen LogP contribution in [0.15, 0.2) is 53.4 Å². The summed E-state index contributed by atoms with van der Waals surface area (Å²) in [4.78, 5) is 16.4. The number of hydrogen-bond acceptors (Lipinski definition) is 4. The highest BCUT2D eigenvalue weighted by Gasteiger charge is 2.33. The van der Waals surface area contributed by atoms with E-state index in [1.54, 1.807) is 11.8 Å². The van der Waals surface area contributed by atoms with Crippen LogP contribution in [-0.4, -0.2) is 36.3 Å². The molecule has 2 aliphatic heterocycles. The Balaban J connectivity index is 1.43. The topological polar surface area (TPSA) is 38.8 Å². The zero-order chi connectivity index (χ0) is 18.6. The Hall–Kier alpha value is -2.14. The van der Waals surface area contributed by atoms with Crippen LogP contribution in [0.25, 0.3) is 0 Å². The van der Waals surface area contributed by atoms with Gasteiger partial charge in [0.1, 0.15) is 13.2 Å². The van der Waals surface area contributed by atoms with Crippen LogP contribution in [0.3, 0.4) is 0 Å². The van der Waals surface area contributed by atoms with Crippen molar-refractivity contribution in [2.24, 2.45) is 5.92 Å². The number of fused-ring (bicyclic) bond motifs is 1. The van der Waals surface area contributed by atoms with Gasteiger partial charge in [0.25, 0.3) is 0 Å². The van der Waals surface area contributed by atoms with Crippen LogP contribution in [0.1, 0.15) is 31.4 Å². The lowest BCUT2D eigenvalue weighted by atomic mass is 10.0. The molecule has 0 bridgehead atoms. The van der Waals surface area contributed by atoms with E-state index in [-0.39, 0.29) is 17.9 Å². The number of nitrogens with zero attached hydrogens (tertiary/aromatic N) is 1. The summed E-state index contributed by atoms with van der Waals surface area (Å²) in [5.41, 5.74) is 1.15. The molecule has 0 aliphatic carbocycles. The number of carbonyl (C=O) groups excluding carboxylic acids is 1. The zero-order valence-corrected chi connectivity index (χ0v) is 16.4. The molecule has 2 unspecified atom stereocenters. The second kappa shape index (κ2) is 8.26. The quantitative estimate of drug-likeness (QED) is 0.710. The minimum absolute atomic E-state index is 0.00647. The van der Waals surface area contributed by atoms with Crippen LogP contribution in [0.5, 0.6) is 11.5 Å². The van der Waals surface area contributed by atoms with Gasteiger partial charge >= 0.3 is 0 Å². The van der Waals surface area contributed by atoms with Gasteiger partial charge in [-0.1, -0.05) is 31.2 Å². The second-order valence-corrected chi connectivity index (χ2v) is 8.21. The Bertz CT molecular complexity index is 795. The summed E-state index contributed by atoms with van der Waals surface area (Å²) in [6.07, 6.45) is 2.05. The molecule has 0 aromatic heterocycles. The van der Waals surface area contributed by atoms with Crippen LogP contribution in [0.2, 0.25) is 0 Å². The molecule has 4 rings (SSSR count). The SMILES string of the molecule is CC(CSc1ccccc1)C(=O)N1CCCC1c1ccc2c(c1)OCCO2. The first-order valence-corrected chi connectivity index (χ1v) is 10.6. The van der Waals surface area contributed by atoms with E-state index in [4.69, 9.17) is 9.47 Å². The highest BCUT2D eigenvalue weighted by Crippen LogP contribution is 2.38. The van der Waals surface area contributed by atoms with Gasteiger partial charge in [0, 0.05) is 23.1 Å². The first-order chi connectivity index (χ1) is 13.2. The lowest BCUT2D eigenvalue weighted by Gasteiger charge is -2.29. The van der Waals surface area contributed by atoms with E-state index in [0.29, 0.717) is 13.2 Å². The fraction of sp³-hybridized carbons (Fsp3) is 0.409. The van der Waals surface area contributed by atoms with Crippen molar-refractivity contribution in [3.05, 3.63) is 54.1 Å². The number of carbonyl (C=O) groups is 1. The van der Waals surface area contributed by atoms with Crippen molar-refractivity contribution >= 4 is 17.7 Å². The molecule has 2 aromatic carbocycles. The van der Waals surface area contributed by atoms with Crippen LogP contribution in [0.4, 0.5) is 0 Å². The Labute approximate surface area is 164 Å². The van der Waals surface area contributed by atoms with Gasteiger partial charge in [-0.05, 0) is 42.7 Å². The van der Waals surface area contributed by atoms with Gasteiger partial charge in [-0.25, -0.2) is 0 Å². The third-order valence-electron chi connectivity index (χ3n) is 5.15. The predicted molar refractivity (Wildman–Crippen MR) is 107 cm³/mol. The fourth-order valence-electron chi connectivity index (χ4n) is 3.74. The summed E-state index contributed by atoms with van der Waals surface area (Å²) < 4.78 is 11.3. The van der Waals surface area contributed by atoms with E-state index in [0.717, 1.165) is 42.2 Å². The second-order valence-electron chi connectivity index (χ2n) is 7.12. The van der Waals surface area contributed by atoms with E-state index < -0.39 is 0 Å². The van der Waals surface area contributed by atoms with Gasteiger partial charge in [0.05, 0.1) is 6.04 Å². The Morgan fingerprint density at radius 2 is 1.93 bits per heavy atom. The molecule has 142 valence electrons. The average molecular weight is 384 g/mol. The number of ether oxygens (including phenoxy) is 2. The van der Waals surface area contributed by atoms with Crippen LogP contribution >= 0.6 is 11.8 Å². The van der Waals surface area contributed by atoms with Crippen molar-refractivity contribution < 1.29 is 14.3 Å². The van der Waals surface area contributed by atoms with E-state index >= 15 is 0 Å². The van der Waals surface area contributed by atoms with E-state index in [1.165, 1.54) is 4.90 Å². The maximum atomic E-state index is 13.1. The van der Waals surface area contributed by atoms with Gasteiger partial charge < -0.3 is 14.4 Å². The Morgan fingerprint density at radius 1 is 1.15 bits per heavy atom. The highest BCUT2D eigenvalue weighted by molar-refractivity contribution is 7.99. The number of amides is 1. The molecular weight excluding hydrogens is 358 g/mol. The number of thioether (sulfide) groups is 1. The highest BCUT2D eigenvalue weighted by atomic mass is 32.2. The lowest BCUT2D eigenvalue weighted by molar-refractivity contribution is -0.135. The third kappa shape index (κ3) is 4.08. The Morgan fingerprint density at radius 3 is 2.74 bits per heavy atom. The van der Waals surface area contributed by atoms with E-state index in [2.05, 4.69) is 23.1 Å². The zero-order valence-electron chi connectivity index (χ0n) is 15.6. The summed E-state index contributed by atoms with van der Waals surface area (Å²) in [6, 6.07) is 16.5. The molecule has 0 N–H and O–H groups in total. The molecule has 5 heteroatoms. The molecule has 4 nitrogen and oxygen atoms in total. The summed E-state index contributed by atoms with van der Waals surface area (Å²) in [6.45, 7) is 4.05. The van der Waals surface area contributed by atoms with Crippen molar-refractivity contribution in [2.75, 3.05) is 25.5 Å². The maximum Gasteiger partial charge on any atom is 0.226 e.